The van der Waals surface area contributed by atoms with Gasteiger partial charge < -0.3 is 15.0 Å². The molecule has 9 heteroatoms. The van der Waals surface area contributed by atoms with Gasteiger partial charge in [-0.2, -0.15) is 0 Å². The van der Waals surface area contributed by atoms with Crippen LogP contribution < -0.4 is 10.6 Å². The van der Waals surface area contributed by atoms with E-state index in [0.717, 1.165) is 31.4 Å². The smallest absolute Gasteiger partial charge is 0.321 e. The molecule has 0 atom stereocenters. The molecule has 4 amide bonds. The molecule has 24 heavy (non-hydrogen) atoms. The highest BCUT2D eigenvalue weighted by Crippen LogP contribution is 2.17. The zero-order valence-corrected chi connectivity index (χ0v) is 14.4. The Morgan fingerprint density at radius 2 is 1.96 bits per heavy atom. The summed E-state index contributed by atoms with van der Waals surface area (Å²) in [5.41, 5.74) is 0. The van der Waals surface area contributed by atoms with Crippen LogP contribution in [0.4, 0.5) is 9.59 Å². The maximum absolute atomic E-state index is 11.7. The van der Waals surface area contributed by atoms with Crippen molar-refractivity contribution in [1.29, 1.82) is 0 Å². The number of urea groups is 1. The molecule has 2 rings (SSSR count). The van der Waals surface area contributed by atoms with Crippen molar-refractivity contribution in [3.8, 4) is 0 Å². The van der Waals surface area contributed by atoms with E-state index in [1.54, 1.807) is 4.90 Å². The van der Waals surface area contributed by atoms with Crippen molar-refractivity contribution < 1.29 is 23.9 Å². The number of carbonyl (C=O) groups is 4. The number of esters is 1. The summed E-state index contributed by atoms with van der Waals surface area (Å²) in [7, 11) is 0. The lowest BCUT2D eigenvalue weighted by atomic mass is 9.96. The summed E-state index contributed by atoms with van der Waals surface area (Å²) in [6.45, 7) is 0.409. The van der Waals surface area contributed by atoms with Gasteiger partial charge in [-0.25, -0.2) is 4.79 Å². The maximum Gasteiger partial charge on any atom is 0.321 e. The number of carbonyl (C=O) groups excluding carboxylic acids is 4. The van der Waals surface area contributed by atoms with Crippen molar-refractivity contribution in [3.63, 3.8) is 0 Å². The third kappa shape index (κ3) is 6.38. The molecule has 0 bridgehead atoms. The second kappa shape index (κ2) is 9.51. The average Bonchev–Trinajstić information content (AvgIpc) is 2.97. The fourth-order valence-corrected chi connectivity index (χ4v) is 3.56. The van der Waals surface area contributed by atoms with Crippen LogP contribution in [-0.2, 0) is 14.3 Å². The van der Waals surface area contributed by atoms with Gasteiger partial charge in [0, 0.05) is 24.9 Å². The molecule has 0 spiro atoms. The molecule has 0 unspecified atom stereocenters. The average molecular weight is 357 g/mol. The lowest BCUT2D eigenvalue weighted by Crippen LogP contribution is -2.46. The number of amides is 4. The van der Waals surface area contributed by atoms with Gasteiger partial charge in [-0.15, -0.1) is 0 Å². The molecule has 1 aliphatic heterocycles. The van der Waals surface area contributed by atoms with Crippen LogP contribution in [0.1, 0.15) is 38.5 Å². The molecule has 2 aliphatic rings. The van der Waals surface area contributed by atoms with Crippen molar-refractivity contribution in [2.75, 3.05) is 25.4 Å². The van der Waals surface area contributed by atoms with E-state index in [0.29, 0.717) is 6.54 Å². The predicted molar refractivity (Wildman–Crippen MR) is 88.6 cm³/mol. The molecule has 1 saturated carbocycles. The van der Waals surface area contributed by atoms with E-state index in [4.69, 9.17) is 4.74 Å². The van der Waals surface area contributed by atoms with Gasteiger partial charge in [-0.1, -0.05) is 31.0 Å². The van der Waals surface area contributed by atoms with Crippen LogP contribution in [0.2, 0.25) is 0 Å². The molecule has 2 fully saturated rings. The van der Waals surface area contributed by atoms with Crippen molar-refractivity contribution in [1.82, 2.24) is 15.5 Å². The second-order valence-electron chi connectivity index (χ2n) is 5.87. The first-order chi connectivity index (χ1) is 11.5. The molecular formula is C15H23N3O5S. The molecule has 0 aromatic carbocycles. The second-order valence-corrected chi connectivity index (χ2v) is 6.91. The number of hydrogen-bond acceptors (Lipinski definition) is 6. The lowest BCUT2D eigenvalue weighted by Gasteiger charge is -2.22. The summed E-state index contributed by atoms with van der Waals surface area (Å²) in [4.78, 5) is 47.8. The van der Waals surface area contributed by atoms with Crippen molar-refractivity contribution in [2.45, 2.75) is 44.6 Å². The first-order valence-corrected chi connectivity index (χ1v) is 9.21. The van der Waals surface area contributed by atoms with Crippen molar-refractivity contribution in [2.24, 2.45) is 0 Å². The van der Waals surface area contributed by atoms with E-state index in [1.165, 1.54) is 18.2 Å². The highest BCUT2D eigenvalue weighted by Gasteiger charge is 2.22. The summed E-state index contributed by atoms with van der Waals surface area (Å²) in [6.07, 6.45) is 5.21. The van der Waals surface area contributed by atoms with Crippen LogP contribution in [0.5, 0.6) is 0 Å². The Balaban J connectivity index is 1.57. The quantitative estimate of drug-likeness (QED) is 0.693. The topological polar surface area (TPSA) is 105 Å². The Morgan fingerprint density at radius 3 is 2.62 bits per heavy atom. The predicted octanol–water partition coefficient (Wildman–Crippen LogP) is 1.25. The Hall–Kier alpha value is -1.77. The number of rotatable bonds is 6. The Kier molecular flexibility index (Phi) is 7.36. The Bertz CT molecular complexity index is 494. The number of nitrogens with one attached hydrogen (secondary N) is 2. The van der Waals surface area contributed by atoms with E-state index >= 15 is 0 Å². The van der Waals surface area contributed by atoms with Crippen LogP contribution >= 0.6 is 11.8 Å². The summed E-state index contributed by atoms with van der Waals surface area (Å²) in [6, 6.07) is -0.451. The van der Waals surface area contributed by atoms with Crippen LogP contribution in [0.25, 0.3) is 0 Å². The summed E-state index contributed by atoms with van der Waals surface area (Å²) in [5, 5.41) is 4.86. The van der Waals surface area contributed by atoms with E-state index in [1.807, 2.05) is 0 Å². The third-order valence-corrected chi connectivity index (χ3v) is 4.88. The third-order valence-electron chi connectivity index (χ3n) is 3.99. The number of thioether (sulfide) groups is 1. The number of ether oxygens (including phenoxy) is 1. The monoisotopic (exact) mass is 357 g/mol. The summed E-state index contributed by atoms with van der Waals surface area (Å²) in [5.74, 6) is -0.501. The SMILES string of the molecule is O=C(COC(=O)CCN1CCSC1=O)NC(=O)NC1CCCCC1. The molecule has 0 aromatic heterocycles. The maximum atomic E-state index is 11.7. The molecule has 1 heterocycles. The Morgan fingerprint density at radius 1 is 1.21 bits per heavy atom. The van der Waals surface area contributed by atoms with E-state index < -0.39 is 24.5 Å². The van der Waals surface area contributed by atoms with Gasteiger partial charge in [-0.05, 0) is 12.8 Å². The van der Waals surface area contributed by atoms with E-state index in [9.17, 15) is 19.2 Å². The molecule has 2 N–H and O–H groups in total. The first kappa shape index (κ1) is 18.6. The van der Waals surface area contributed by atoms with Gasteiger partial charge in [0.2, 0.25) is 0 Å². The molecule has 0 radical (unpaired) electrons. The van der Waals surface area contributed by atoms with Gasteiger partial charge in [0.1, 0.15) is 0 Å². The number of nitrogens with zero attached hydrogens (tertiary/aromatic N) is 1. The normalized spacial score (nSPS) is 18.3. The van der Waals surface area contributed by atoms with Gasteiger partial charge in [0.15, 0.2) is 6.61 Å². The fraction of sp³-hybridized carbons (Fsp3) is 0.733. The van der Waals surface area contributed by atoms with Crippen LogP contribution in [0, 0.1) is 0 Å². The molecule has 1 aliphatic carbocycles. The van der Waals surface area contributed by atoms with Crippen LogP contribution in [0.15, 0.2) is 0 Å². The largest absolute Gasteiger partial charge is 0.456 e. The highest BCUT2D eigenvalue weighted by atomic mass is 32.2. The summed E-state index contributed by atoms with van der Waals surface area (Å²) >= 11 is 1.22. The molecule has 8 nitrogen and oxygen atoms in total. The lowest BCUT2D eigenvalue weighted by molar-refractivity contribution is -0.148. The Labute approximate surface area is 145 Å². The molecule has 0 aromatic rings. The van der Waals surface area contributed by atoms with E-state index in [2.05, 4.69) is 10.6 Å². The number of imide groups is 1. The highest BCUT2D eigenvalue weighted by molar-refractivity contribution is 8.13. The van der Waals surface area contributed by atoms with Gasteiger partial charge >= 0.3 is 12.0 Å². The zero-order chi connectivity index (χ0) is 17.4. The molecule has 134 valence electrons. The minimum absolute atomic E-state index is 0.0356. The van der Waals surface area contributed by atoms with Gasteiger partial charge in [0.25, 0.3) is 11.1 Å². The van der Waals surface area contributed by atoms with Crippen LogP contribution in [0.3, 0.4) is 0 Å². The zero-order valence-electron chi connectivity index (χ0n) is 13.5. The van der Waals surface area contributed by atoms with E-state index in [-0.39, 0.29) is 24.2 Å². The van der Waals surface area contributed by atoms with Crippen molar-refractivity contribution >= 4 is 34.9 Å². The van der Waals surface area contributed by atoms with Gasteiger partial charge in [-0.3, -0.25) is 19.7 Å². The van der Waals surface area contributed by atoms with Crippen LogP contribution in [-0.4, -0.2) is 59.5 Å². The first-order valence-electron chi connectivity index (χ1n) is 8.22. The number of hydrogen-bond donors (Lipinski definition) is 2. The standard InChI is InChI=1S/C15H23N3O5S/c19-12(17-14(21)16-11-4-2-1-3-5-11)10-23-13(20)6-7-18-8-9-24-15(18)22/h11H,1-10H2,(H2,16,17,19,21). The summed E-state index contributed by atoms with van der Waals surface area (Å²) < 4.78 is 4.81. The van der Waals surface area contributed by atoms with Crippen molar-refractivity contribution in [3.05, 3.63) is 0 Å². The molecule has 1 saturated heterocycles. The van der Waals surface area contributed by atoms with Gasteiger partial charge in [0.05, 0.1) is 6.42 Å². The molecular weight excluding hydrogens is 334 g/mol. The minimum Gasteiger partial charge on any atom is -0.456 e. The minimum atomic E-state index is -0.663. The fourth-order valence-electron chi connectivity index (χ4n) is 2.70.